The minimum absolute atomic E-state index is 0.0582. The molecule has 0 aromatic carbocycles. The predicted molar refractivity (Wildman–Crippen MR) is 102 cm³/mol. The molecule has 2 heterocycles. The van der Waals surface area contributed by atoms with Gasteiger partial charge >= 0.3 is 0 Å². The Balaban J connectivity index is 1.38. The van der Waals surface area contributed by atoms with Crippen LogP contribution in [0.1, 0.15) is 55.4 Å². The maximum absolute atomic E-state index is 12.6. The van der Waals surface area contributed by atoms with Crippen molar-refractivity contribution >= 4 is 11.8 Å². The van der Waals surface area contributed by atoms with Gasteiger partial charge in [0.2, 0.25) is 5.91 Å². The van der Waals surface area contributed by atoms with Crippen LogP contribution in [-0.4, -0.2) is 76.4 Å². The third kappa shape index (κ3) is 6.02. The van der Waals surface area contributed by atoms with Gasteiger partial charge in [0.05, 0.1) is 12.7 Å². The summed E-state index contributed by atoms with van der Waals surface area (Å²) in [7, 11) is 2.08. The molecule has 27 heavy (non-hydrogen) atoms. The van der Waals surface area contributed by atoms with Crippen molar-refractivity contribution in [2.24, 2.45) is 5.92 Å². The maximum atomic E-state index is 12.6. The maximum Gasteiger partial charge on any atom is 0.276 e. The van der Waals surface area contributed by atoms with Crippen LogP contribution in [0.3, 0.4) is 0 Å². The largest absolute Gasteiger partial charge is 0.354 e. The van der Waals surface area contributed by atoms with Gasteiger partial charge < -0.3 is 15.1 Å². The Morgan fingerprint density at radius 3 is 2.78 bits per heavy atom. The Hall–Kier alpha value is -1.96. The fraction of sp³-hybridized carbons (Fsp3) is 0.789. The van der Waals surface area contributed by atoms with Crippen LogP contribution >= 0.6 is 0 Å². The molecule has 3 rings (SSSR count). The Morgan fingerprint density at radius 1 is 1.15 bits per heavy atom. The molecule has 8 heteroatoms. The van der Waals surface area contributed by atoms with Crippen molar-refractivity contribution in [3.8, 4) is 0 Å². The molecule has 1 aliphatic carbocycles. The molecule has 0 bridgehead atoms. The van der Waals surface area contributed by atoms with Gasteiger partial charge in [-0.25, -0.2) is 4.68 Å². The van der Waals surface area contributed by atoms with Crippen LogP contribution in [0, 0.1) is 5.92 Å². The Labute approximate surface area is 161 Å². The summed E-state index contributed by atoms with van der Waals surface area (Å²) in [6.45, 7) is 4.41. The molecule has 8 nitrogen and oxygen atoms in total. The Bertz CT molecular complexity index is 625. The molecule has 1 aromatic heterocycles. The van der Waals surface area contributed by atoms with Crippen molar-refractivity contribution in [1.29, 1.82) is 0 Å². The third-order valence-electron chi connectivity index (χ3n) is 5.68. The second kappa shape index (κ2) is 9.82. The van der Waals surface area contributed by atoms with Gasteiger partial charge in [0.1, 0.15) is 0 Å². The Kier molecular flexibility index (Phi) is 7.20. The molecule has 1 aromatic rings. The topological polar surface area (TPSA) is 83.4 Å². The summed E-state index contributed by atoms with van der Waals surface area (Å²) in [5.41, 5.74) is 0.382. The van der Waals surface area contributed by atoms with Gasteiger partial charge in [-0.15, -0.1) is 5.10 Å². The van der Waals surface area contributed by atoms with Gasteiger partial charge in [-0.2, -0.15) is 0 Å². The van der Waals surface area contributed by atoms with Crippen molar-refractivity contribution in [1.82, 2.24) is 30.1 Å². The highest BCUT2D eigenvalue weighted by atomic mass is 16.2. The molecule has 0 radical (unpaired) electrons. The number of rotatable bonds is 7. The molecule has 1 N–H and O–H groups in total. The molecule has 1 saturated heterocycles. The van der Waals surface area contributed by atoms with Gasteiger partial charge in [-0.1, -0.05) is 30.9 Å². The number of hydrogen-bond donors (Lipinski definition) is 1. The van der Waals surface area contributed by atoms with Gasteiger partial charge in [0, 0.05) is 32.6 Å². The summed E-state index contributed by atoms with van der Waals surface area (Å²) >= 11 is 0. The summed E-state index contributed by atoms with van der Waals surface area (Å²) in [5.74, 6) is 0.780. The van der Waals surface area contributed by atoms with Gasteiger partial charge in [-0.3, -0.25) is 9.59 Å². The van der Waals surface area contributed by atoms with Crippen LogP contribution in [-0.2, 0) is 11.3 Å². The minimum atomic E-state index is -0.0582. The molecule has 1 saturated carbocycles. The second-order valence-corrected chi connectivity index (χ2v) is 7.85. The second-order valence-electron chi connectivity index (χ2n) is 7.85. The first-order chi connectivity index (χ1) is 13.1. The fourth-order valence-electron chi connectivity index (χ4n) is 3.95. The number of nitrogens with zero attached hydrogens (tertiary/aromatic N) is 5. The first kappa shape index (κ1) is 19.8. The van der Waals surface area contributed by atoms with Gasteiger partial charge in [0.25, 0.3) is 5.91 Å². The van der Waals surface area contributed by atoms with E-state index in [0.29, 0.717) is 25.2 Å². The highest BCUT2D eigenvalue weighted by Crippen LogP contribution is 2.28. The average molecular weight is 377 g/mol. The SMILES string of the molecule is CN1CCCN(C(=O)c2cn(CCNC(=O)CCC3CCCC3)nn2)CC1. The lowest BCUT2D eigenvalue weighted by Crippen LogP contribution is -2.34. The van der Waals surface area contributed by atoms with E-state index in [4.69, 9.17) is 0 Å². The van der Waals surface area contributed by atoms with Gasteiger partial charge in [0.15, 0.2) is 5.69 Å². The van der Waals surface area contributed by atoms with Crippen LogP contribution in [0.2, 0.25) is 0 Å². The monoisotopic (exact) mass is 376 g/mol. The van der Waals surface area contributed by atoms with Gasteiger partial charge in [-0.05, 0) is 32.4 Å². The lowest BCUT2D eigenvalue weighted by Gasteiger charge is -2.18. The number of amides is 2. The van der Waals surface area contributed by atoms with E-state index in [1.165, 1.54) is 25.7 Å². The minimum Gasteiger partial charge on any atom is -0.354 e. The van der Waals surface area contributed by atoms with Crippen molar-refractivity contribution in [3.05, 3.63) is 11.9 Å². The van der Waals surface area contributed by atoms with E-state index >= 15 is 0 Å². The van der Waals surface area contributed by atoms with E-state index in [1.54, 1.807) is 10.9 Å². The predicted octanol–water partition coefficient (Wildman–Crippen LogP) is 1.14. The van der Waals surface area contributed by atoms with E-state index in [2.05, 4.69) is 27.6 Å². The lowest BCUT2D eigenvalue weighted by atomic mass is 10.0. The van der Waals surface area contributed by atoms with Crippen molar-refractivity contribution in [3.63, 3.8) is 0 Å². The molecular formula is C19H32N6O2. The summed E-state index contributed by atoms with van der Waals surface area (Å²) in [6.07, 6.45) is 9.44. The highest BCUT2D eigenvalue weighted by molar-refractivity contribution is 5.91. The summed E-state index contributed by atoms with van der Waals surface area (Å²) < 4.78 is 1.63. The molecule has 1 aliphatic heterocycles. The molecule has 2 fully saturated rings. The van der Waals surface area contributed by atoms with Crippen molar-refractivity contribution < 1.29 is 9.59 Å². The smallest absolute Gasteiger partial charge is 0.276 e. The van der Waals surface area contributed by atoms with Crippen LogP contribution < -0.4 is 5.32 Å². The Morgan fingerprint density at radius 2 is 1.96 bits per heavy atom. The number of carbonyl (C=O) groups is 2. The van der Waals surface area contributed by atoms with E-state index < -0.39 is 0 Å². The molecule has 0 unspecified atom stereocenters. The van der Waals surface area contributed by atoms with E-state index in [-0.39, 0.29) is 11.8 Å². The average Bonchev–Trinajstić information content (AvgIpc) is 3.30. The van der Waals surface area contributed by atoms with E-state index in [1.807, 2.05) is 4.90 Å². The quantitative estimate of drug-likeness (QED) is 0.772. The normalized spacial score (nSPS) is 19.2. The molecule has 2 amide bonds. The number of likely N-dealkylation sites (N-methyl/N-ethyl adjacent to an activating group) is 1. The number of aromatic nitrogens is 3. The zero-order valence-electron chi connectivity index (χ0n) is 16.4. The van der Waals surface area contributed by atoms with Crippen molar-refractivity contribution in [2.45, 2.75) is 51.5 Å². The van der Waals surface area contributed by atoms with Crippen molar-refractivity contribution in [2.75, 3.05) is 39.8 Å². The zero-order valence-corrected chi connectivity index (χ0v) is 16.4. The summed E-state index contributed by atoms with van der Waals surface area (Å²) in [5, 5.41) is 11.0. The molecule has 0 atom stereocenters. The lowest BCUT2D eigenvalue weighted by molar-refractivity contribution is -0.121. The standard InChI is InChI=1S/C19H32N6O2/c1-23-10-4-11-24(14-13-23)19(27)17-15-25(22-21-17)12-9-20-18(26)8-7-16-5-2-3-6-16/h15-16H,2-14H2,1H3,(H,20,26). The summed E-state index contributed by atoms with van der Waals surface area (Å²) in [6, 6.07) is 0. The number of hydrogen-bond acceptors (Lipinski definition) is 5. The number of nitrogens with one attached hydrogen (secondary N) is 1. The zero-order chi connectivity index (χ0) is 19.1. The first-order valence-corrected chi connectivity index (χ1v) is 10.3. The van der Waals surface area contributed by atoms with Crippen LogP contribution in [0.5, 0.6) is 0 Å². The van der Waals surface area contributed by atoms with Crippen LogP contribution in [0.4, 0.5) is 0 Å². The molecular weight excluding hydrogens is 344 g/mol. The highest BCUT2D eigenvalue weighted by Gasteiger charge is 2.21. The van der Waals surface area contributed by atoms with Crippen LogP contribution in [0.25, 0.3) is 0 Å². The molecule has 150 valence electrons. The van der Waals surface area contributed by atoms with E-state index in [9.17, 15) is 9.59 Å². The summed E-state index contributed by atoms with van der Waals surface area (Å²) in [4.78, 5) is 28.6. The van der Waals surface area contributed by atoms with E-state index in [0.717, 1.165) is 44.9 Å². The number of carbonyl (C=O) groups excluding carboxylic acids is 2. The third-order valence-corrected chi connectivity index (χ3v) is 5.68. The molecule has 2 aliphatic rings. The first-order valence-electron chi connectivity index (χ1n) is 10.3. The fourth-order valence-corrected chi connectivity index (χ4v) is 3.95. The van der Waals surface area contributed by atoms with Crippen LogP contribution in [0.15, 0.2) is 6.20 Å². The molecule has 0 spiro atoms.